The lowest BCUT2D eigenvalue weighted by molar-refractivity contribution is -0.159. The van der Waals surface area contributed by atoms with Crippen molar-refractivity contribution in [3.05, 3.63) is 70.7 Å². The Morgan fingerprint density at radius 1 is 1.19 bits per heavy atom. The number of rotatable bonds is 6. The summed E-state index contributed by atoms with van der Waals surface area (Å²) in [5.74, 6) is -2.85. The minimum atomic E-state index is -1.82. The van der Waals surface area contributed by atoms with Gasteiger partial charge in [-0.3, -0.25) is 4.90 Å². The first-order chi connectivity index (χ1) is 17.7. The van der Waals surface area contributed by atoms with E-state index in [9.17, 15) is 5.11 Å². The van der Waals surface area contributed by atoms with Gasteiger partial charge in [0.25, 0.3) is 0 Å². The van der Waals surface area contributed by atoms with Gasteiger partial charge >= 0.3 is 11.9 Å². The van der Waals surface area contributed by atoms with Crippen molar-refractivity contribution in [2.45, 2.75) is 25.5 Å². The Labute approximate surface area is 222 Å². The van der Waals surface area contributed by atoms with Crippen molar-refractivity contribution >= 4 is 61.4 Å². The fraction of sp³-hybridized carbons (Fsp3) is 0.259. The van der Waals surface area contributed by atoms with Gasteiger partial charge < -0.3 is 25.0 Å². The van der Waals surface area contributed by atoms with Gasteiger partial charge in [-0.15, -0.1) is 11.3 Å². The van der Waals surface area contributed by atoms with Crippen LogP contribution in [-0.2, 0) is 9.59 Å². The van der Waals surface area contributed by atoms with E-state index in [0.717, 1.165) is 34.6 Å². The van der Waals surface area contributed by atoms with Crippen LogP contribution in [-0.4, -0.2) is 69.0 Å². The number of aromatic nitrogens is 1. The molecule has 0 saturated carbocycles. The largest absolute Gasteiger partial charge is 0.490 e. The number of carbonyl (C=O) groups is 2. The molecule has 37 heavy (non-hydrogen) atoms. The summed E-state index contributed by atoms with van der Waals surface area (Å²) in [7, 11) is 0. The third-order valence-electron chi connectivity index (χ3n) is 6.12. The number of fused-ring (bicyclic) bond motifs is 2. The standard InChI is InChI=1S/C25H25ClN2O2S.C2H2O4/c1-16-11-17(25-13-18-12-19(26)5-6-24(18)31-25)8-10-28(16)14-20(29)15-30-23-4-2-3-22-21(23)7-9-27-22;3-1(4)2(5)6/h2-9,12-13,16,20,27,29H,10-11,14-15H2,1H3;(H,3,4)(H,5,6)/t16?,20-;/m0./s1. The van der Waals surface area contributed by atoms with Crippen LogP contribution in [0.2, 0.25) is 5.02 Å². The number of thiophene rings is 1. The highest BCUT2D eigenvalue weighted by Crippen LogP contribution is 2.36. The predicted octanol–water partition coefficient (Wildman–Crippen LogP) is 5.11. The molecule has 0 radical (unpaired) electrons. The Kier molecular flexibility index (Phi) is 8.50. The zero-order valence-electron chi connectivity index (χ0n) is 20.1. The van der Waals surface area contributed by atoms with E-state index in [1.54, 1.807) is 0 Å². The van der Waals surface area contributed by atoms with Crippen molar-refractivity contribution in [1.29, 1.82) is 0 Å². The molecule has 1 aliphatic rings. The van der Waals surface area contributed by atoms with E-state index in [1.165, 1.54) is 20.5 Å². The molecule has 2 aromatic carbocycles. The minimum absolute atomic E-state index is 0.279. The molecule has 0 amide bonds. The number of nitrogens with one attached hydrogen (secondary N) is 1. The summed E-state index contributed by atoms with van der Waals surface area (Å²) < 4.78 is 7.19. The lowest BCUT2D eigenvalue weighted by Crippen LogP contribution is -2.42. The molecule has 1 aliphatic heterocycles. The fourth-order valence-electron chi connectivity index (χ4n) is 4.26. The van der Waals surface area contributed by atoms with Crippen molar-refractivity contribution in [3.63, 3.8) is 0 Å². The molecule has 194 valence electrons. The Morgan fingerprint density at radius 2 is 1.97 bits per heavy atom. The van der Waals surface area contributed by atoms with Gasteiger partial charge in [-0.1, -0.05) is 23.7 Å². The highest BCUT2D eigenvalue weighted by Gasteiger charge is 2.23. The van der Waals surface area contributed by atoms with Crippen molar-refractivity contribution in [2.75, 3.05) is 19.7 Å². The third-order valence-corrected chi connectivity index (χ3v) is 7.55. The summed E-state index contributed by atoms with van der Waals surface area (Å²) in [5, 5.41) is 28.4. The van der Waals surface area contributed by atoms with Gasteiger partial charge in [0, 0.05) is 50.8 Å². The summed E-state index contributed by atoms with van der Waals surface area (Å²) in [6.07, 6.45) is 4.62. The first kappa shape index (κ1) is 26.7. The summed E-state index contributed by atoms with van der Waals surface area (Å²) >= 11 is 7.96. The quantitative estimate of drug-likeness (QED) is 0.250. The second kappa shape index (κ2) is 11.8. The molecule has 5 rings (SSSR count). The average Bonchev–Trinajstić information content (AvgIpc) is 3.51. The second-order valence-electron chi connectivity index (χ2n) is 8.80. The van der Waals surface area contributed by atoms with E-state index in [-0.39, 0.29) is 6.61 Å². The first-order valence-corrected chi connectivity index (χ1v) is 12.9. The van der Waals surface area contributed by atoms with Crippen LogP contribution in [0.4, 0.5) is 0 Å². The van der Waals surface area contributed by atoms with Crippen molar-refractivity contribution in [1.82, 2.24) is 9.88 Å². The number of aliphatic hydroxyl groups excluding tert-OH is 1. The summed E-state index contributed by atoms with van der Waals surface area (Å²) in [6.45, 7) is 3.93. The molecule has 8 nitrogen and oxygen atoms in total. The SMILES string of the molecule is CC1CC(c2cc3cc(Cl)ccc3s2)=CCN1C[C@H](O)COc1cccc2[nH]ccc12.O=C(O)C(=O)O. The molecule has 0 saturated heterocycles. The molecular formula is C27H27ClN2O6S. The molecule has 10 heteroatoms. The number of aliphatic hydroxyl groups is 1. The fourth-order valence-corrected chi connectivity index (χ4v) is 5.53. The van der Waals surface area contributed by atoms with E-state index >= 15 is 0 Å². The topological polar surface area (TPSA) is 123 Å². The van der Waals surface area contributed by atoms with Crippen molar-refractivity contribution in [3.8, 4) is 5.75 Å². The Balaban J connectivity index is 0.000000480. The van der Waals surface area contributed by atoms with Gasteiger partial charge in [-0.05, 0) is 66.8 Å². The number of nitrogens with zero attached hydrogens (tertiary/aromatic N) is 1. The molecule has 0 aliphatic carbocycles. The van der Waals surface area contributed by atoms with Gasteiger partial charge in [0.2, 0.25) is 0 Å². The van der Waals surface area contributed by atoms with Crippen LogP contribution in [0.5, 0.6) is 5.75 Å². The number of aromatic amines is 1. The lowest BCUT2D eigenvalue weighted by atomic mass is 9.99. The summed E-state index contributed by atoms with van der Waals surface area (Å²) in [4.78, 5) is 25.0. The molecule has 0 fully saturated rings. The minimum Gasteiger partial charge on any atom is -0.490 e. The number of benzene rings is 2. The Morgan fingerprint density at radius 3 is 2.70 bits per heavy atom. The number of carboxylic acid groups (broad SMARTS) is 2. The maximum absolute atomic E-state index is 10.6. The number of β-amino-alcohol motifs (C(OH)–C–C–N with tert-alkyl or cyclic N) is 1. The number of halogens is 1. The van der Waals surface area contributed by atoms with E-state index in [2.05, 4.69) is 35.0 Å². The zero-order chi connectivity index (χ0) is 26.5. The normalized spacial score (nSPS) is 16.6. The summed E-state index contributed by atoms with van der Waals surface area (Å²) in [5.41, 5.74) is 2.42. The number of hydrogen-bond acceptors (Lipinski definition) is 6. The van der Waals surface area contributed by atoms with E-state index in [1.807, 2.05) is 53.9 Å². The molecule has 4 N–H and O–H groups in total. The molecular weight excluding hydrogens is 516 g/mol. The number of ether oxygens (including phenoxy) is 1. The highest BCUT2D eigenvalue weighted by atomic mass is 35.5. The van der Waals surface area contributed by atoms with Gasteiger partial charge in [0.15, 0.2) is 0 Å². The van der Waals surface area contributed by atoms with Gasteiger partial charge in [-0.2, -0.15) is 0 Å². The number of aliphatic carboxylic acids is 2. The van der Waals surface area contributed by atoms with Crippen LogP contribution in [0, 0.1) is 0 Å². The average molecular weight is 543 g/mol. The van der Waals surface area contributed by atoms with Crippen LogP contribution in [0.25, 0.3) is 26.6 Å². The molecule has 1 unspecified atom stereocenters. The van der Waals surface area contributed by atoms with Gasteiger partial charge in [-0.25, -0.2) is 9.59 Å². The van der Waals surface area contributed by atoms with Crippen LogP contribution in [0.15, 0.2) is 60.8 Å². The molecule has 0 bridgehead atoms. The molecule has 2 aromatic heterocycles. The number of H-pyrrole nitrogens is 1. The second-order valence-corrected chi connectivity index (χ2v) is 10.3. The maximum Gasteiger partial charge on any atom is 0.414 e. The van der Waals surface area contributed by atoms with Gasteiger partial charge in [0.05, 0.1) is 0 Å². The van der Waals surface area contributed by atoms with Crippen LogP contribution in [0.1, 0.15) is 18.2 Å². The summed E-state index contributed by atoms with van der Waals surface area (Å²) in [6, 6.07) is 16.6. The molecule has 0 spiro atoms. The lowest BCUT2D eigenvalue weighted by Gasteiger charge is -2.34. The van der Waals surface area contributed by atoms with E-state index in [4.69, 9.17) is 36.1 Å². The predicted molar refractivity (Wildman–Crippen MR) is 146 cm³/mol. The van der Waals surface area contributed by atoms with Crippen LogP contribution < -0.4 is 4.74 Å². The highest BCUT2D eigenvalue weighted by molar-refractivity contribution is 7.20. The number of carboxylic acids is 2. The van der Waals surface area contributed by atoms with Crippen LogP contribution in [0.3, 0.4) is 0 Å². The maximum atomic E-state index is 10.6. The van der Waals surface area contributed by atoms with E-state index in [0.29, 0.717) is 12.6 Å². The van der Waals surface area contributed by atoms with Crippen molar-refractivity contribution in [2.24, 2.45) is 0 Å². The Bertz CT molecular complexity index is 1430. The molecule has 3 heterocycles. The van der Waals surface area contributed by atoms with Crippen molar-refractivity contribution < 1.29 is 29.6 Å². The monoisotopic (exact) mass is 542 g/mol. The van der Waals surface area contributed by atoms with Crippen LogP contribution >= 0.6 is 22.9 Å². The third kappa shape index (κ3) is 6.69. The Hall–Kier alpha value is -3.37. The molecule has 4 aromatic rings. The van der Waals surface area contributed by atoms with E-state index < -0.39 is 18.0 Å². The first-order valence-electron chi connectivity index (χ1n) is 11.7. The molecule has 2 atom stereocenters. The number of hydrogen-bond donors (Lipinski definition) is 4. The van der Waals surface area contributed by atoms with Gasteiger partial charge in [0.1, 0.15) is 18.5 Å². The smallest absolute Gasteiger partial charge is 0.414 e. The zero-order valence-corrected chi connectivity index (χ0v) is 21.6.